The normalized spacial score (nSPS) is 14.0. The van der Waals surface area contributed by atoms with Gasteiger partial charge < -0.3 is 20.5 Å². The summed E-state index contributed by atoms with van der Waals surface area (Å²) < 4.78 is 24.3. The standard InChI is InChI=1S/C15H14ClFN2O2/c16-10-5-9(6-14-15(10)21-8-20-14)13(7-18)19-12-4-2-1-3-11(12)17/h1-6,13,19H,7-8,18H2. The molecule has 0 bridgehead atoms. The van der Waals surface area contributed by atoms with Crippen LogP contribution in [0.4, 0.5) is 10.1 Å². The van der Waals surface area contributed by atoms with Gasteiger partial charge in [0.2, 0.25) is 6.79 Å². The first-order chi connectivity index (χ1) is 10.2. The molecule has 1 heterocycles. The van der Waals surface area contributed by atoms with Crippen molar-refractivity contribution < 1.29 is 13.9 Å². The van der Waals surface area contributed by atoms with Crippen LogP contribution < -0.4 is 20.5 Å². The largest absolute Gasteiger partial charge is 0.454 e. The number of ether oxygens (including phenoxy) is 2. The van der Waals surface area contributed by atoms with E-state index in [4.69, 9.17) is 26.8 Å². The zero-order valence-corrected chi connectivity index (χ0v) is 11.9. The molecule has 0 fully saturated rings. The predicted molar refractivity (Wildman–Crippen MR) is 79.4 cm³/mol. The Labute approximate surface area is 126 Å². The fourth-order valence-corrected chi connectivity index (χ4v) is 2.51. The lowest BCUT2D eigenvalue weighted by Crippen LogP contribution is -2.21. The van der Waals surface area contributed by atoms with Gasteiger partial charge in [-0.2, -0.15) is 0 Å². The van der Waals surface area contributed by atoms with Crippen LogP contribution in [0, 0.1) is 5.82 Å². The van der Waals surface area contributed by atoms with E-state index in [9.17, 15) is 4.39 Å². The molecule has 3 N–H and O–H groups in total. The maximum Gasteiger partial charge on any atom is 0.231 e. The molecule has 0 aliphatic carbocycles. The average molecular weight is 309 g/mol. The van der Waals surface area contributed by atoms with Gasteiger partial charge in [0.25, 0.3) is 0 Å². The molecule has 1 aliphatic rings. The second-order valence-electron chi connectivity index (χ2n) is 4.65. The number of hydrogen-bond acceptors (Lipinski definition) is 4. The first-order valence-electron chi connectivity index (χ1n) is 6.49. The van der Waals surface area contributed by atoms with E-state index in [1.54, 1.807) is 30.3 Å². The van der Waals surface area contributed by atoms with Crippen LogP contribution >= 0.6 is 11.6 Å². The Hall–Kier alpha value is -1.98. The zero-order chi connectivity index (χ0) is 14.8. The van der Waals surface area contributed by atoms with E-state index in [1.807, 2.05) is 0 Å². The minimum absolute atomic E-state index is 0.145. The molecule has 0 radical (unpaired) electrons. The topological polar surface area (TPSA) is 56.5 Å². The molecule has 1 atom stereocenters. The van der Waals surface area contributed by atoms with Crippen molar-refractivity contribution in [1.82, 2.24) is 0 Å². The number of fused-ring (bicyclic) bond motifs is 1. The number of halogens is 2. The summed E-state index contributed by atoms with van der Waals surface area (Å²) in [6.07, 6.45) is 0. The number of anilines is 1. The minimum Gasteiger partial charge on any atom is -0.454 e. The Morgan fingerprint density at radius 1 is 1.29 bits per heavy atom. The summed E-state index contributed by atoms with van der Waals surface area (Å²) in [5.41, 5.74) is 7.00. The number of nitrogens with two attached hydrogens (primary N) is 1. The van der Waals surface area contributed by atoms with Gasteiger partial charge in [0, 0.05) is 6.54 Å². The highest BCUT2D eigenvalue weighted by Gasteiger charge is 2.21. The fraction of sp³-hybridized carbons (Fsp3) is 0.200. The van der Waals surface area contributed by atoms with Crippen LogP contribution in [0.2, 0.25) is 5.02 Å². The Bertz CT molecular complexity index is 666. The predicted octanol–water partition coefficient (Wildman–Crippen LogP) is 3.32. The highest BCUT2D eigenvalue weighted by molar-refractivity contribution is 6.32. The summed E-state index contributed by atoms with van der Waals surface area (Å²) in [6.45, 7) is 0.427. The van der Waals surface area contributed by atoms with Crippen LogP contribution in [0.3, 0.4) is 0 Å². The number of nitrogens with one attached hydrogen (secondary N) is 1. The van der Waals surface area contributed by atoms with Crippen LogP contribution in [0.5, 0.6) is 11.5 Å². The lowest BCUT2D eigenvalue weighted by molar-refractivity contribution is 0.174. The van der Waals surface area contributed by atoms with Crippen molar-refractivity contribution in [2.24, 2.45) is 5.73 Å². The minimum atomic E-state index is -0.331. The molecule has 4 nitrogen and oxygen atoms in total. The van der Waals surface area contributed by atoms with Crippen LogP contribution in [0.25, 0.3) is 0 Å². The number of para-hydroxylation sites is 1. The average Bonchev–Trinajstić information content (AvgIpc) is 2.95. The highest BCUT2D eigenvalue weighted by atomic mass is 35.5. The number of rotatable bonds is 4. The molecule has 0 aromatic heterocycles. The molecule has 110 valence electrons. The molecular formula is C15H14ClFN2O2. The summed E-state index contributed by atoms with van der Waals surface area (Å²) >= 11 is 6.16. The molecular weight excluding hydrogens is 295 g/mol. The van der Waals surface area contributed by atoms with E-state index >= 15 is 0 Å². The lowest BCUT2D eigenvalue weighted by atomic mass is 10.1. The maximum atomic E-state index is 13.7. The molecule has 21 heavy (non-hydrogen) atoms. The SMILES string of the molecule is NCC(Nc1ccccc1F)c1cc(Cl)c2c(c1)OCO2. The molecule has 0 spiro atoms. The zero-order valence-electron chi connectivity index (χ0n) is 11.1. The van der Waals surface area contributed by atoms with Crippen molar-refractivity contribution >= 4 is 17.3 Å². The van der Waals surface area contributed by atoms with E-state index < -0.39 is 0 Å². The third-order valence-corrected chi connectivity index (χ3v) is 3.57. The monoisotopic (exact) mass is 308 g/mol. The van der Waals surface area contributed by atoms with Gasteiger partial charge in [0.15, 0.2) is 11.5 Å². The molecule has 2 aromatic rings. The third-order valence-electron chi connectivity index (χ3n) is 3.29. The maximum absolute atomic E-state index is 13.7. The summed E-state index contributed by atoms with van der Waals surface area (Å²) in [5.74, 6) is 0.774. The van der Waals surface area contributed by atoms with E-state index in [1.165, 1.54) is 6.07 Å². The van der Waals surface area contributed by atoms with Crippen LogP contribution in [0.1, 0.15) is 11.6 Å². The van der Waals surface area contributed by atoms with Crippen molar-refractivity contribution in [2.45, 2.75) is 6.04 Å². The molecule has 1 unspecified atom stereocenters. The summed E-state index contributed by atoms with van der Waals surface area (Å²) in [6, 6.07) is 9.71. The van der Waals surface area contributed by atoms with E-state index in [0.29, 0.717) is 22.2 Å². The first-order valence-corrected chi connectivity index (χ1v) is 6.87. The van der Waals surface area contributed by atoms with E-state index in [0.717, 1.165) is 5.56 Å². The lowest BCUT2D eigenvalue weighted by Gasteiger charge is -2.19. The fourth-order valence-electron chi connectivity index (χ4n) is 2.23. The van der Waals surface area contributed by atoms with Crippen molar-refractivity contribution in [3.63, 3.8) is 0 Å². The van der Waals surface area contributed by atoms with Crippen molar-refractivity contribution in [1.29, 1.82) is 0 Å². The third kappa shape index (κ3) is 2.75. The van der Waals surface area contributed by atoms with Gasteiger partial charge >= 0.3 is 0 Å². The summed E-state index contributed by atoms with van der Waals surface area (Å²) in [5, 5.41) is 3.53. The van der Waals surface area contributed by atoms with Crippen LogP contribution in [-0.4, -0.2) is 13.3 Å². The summed E-state index contributed by atoms with van der Waals surface area (Å²) in [4.78, 5) is 0. The van der Waals surface area contributed by atoms with Gasteiger partial charge in [0.1, 0.15) is 5.82 Å². The van der Waals surface area contributed by atoms with Gasteiger partial charge in [-0.15, -0.1) is 0 Å². The first kappa shape index (κ1) is 14.0. The summed E-state index contributed by atoms with van der Waals surface area (Å²) in [7, 11) is 0. The molecule has 0 saturated carbocycles. The number of benzene rings is 2. The van der Waals surface area contributed by atoms with Gasteiger partial charge in [-0.25, -0.2) is 4.39 Å². The molecule has 3 rings (SSSR count). The van der Waals surface area contributed by atoms with Gasteiger partial charge in [-0.05, 0) is 29.8 Å². The van der Waals surface area contributed by atoms with Crippen LogP contribution in [-0.2, 0) is 0 Å². The van der Waals surface area contributed by atoms with Crippen molar-refractivity contribution in [3.8, 4) is 11.5 Å². The second kappa shape index (κ2) is 5.79. The smallest absolute Gasteiger partial charge is 0.231 e. The molecule has 0 saturated heterocycles. The molecule has 2 aromatic carbocycles. The van der Waals surface area contributed by atoms with Gasteiger partial charge in [-0.1, -0.05) is 23.7 Å². The van der Waals surface area contributed by atoms with E-state index in [2.05, 4.69) is 5.32 Å². The van der Waals surface area contributed by atoms with Crippen molar-refractivity contribution in [2.75, 3.05) is 18.7 Å². The van der Waals surface area contributed by atoms with Gasteiger partial charge in [-0.3, -0.25) is 0 Å². The second-order valence-corrected chi connectivity index (χ2v) is 5.06. The van der Waals surface area contributed by atoms with Crippen LogP contribution in [0.15, 0.2) is 36.4 Å². The Balaban J connectivity index is 1.90. The van der Waals surface area contributed by atoms with E-state index in [-0.39, 0.29) is 25.2 Å². The Morgan fingerprint density at radius 3 is 2.86 bits per heavy atom. The van der Waals surface area contributed by atoms with Crippen molar-refractivity contribution in [3.05, 3.63) is 52.8 Å². The molecule has 6 heteroatoms. The van der Waals surface area contributed by atoms with Gasteiger partial charge in [0.05, 0.1) is 16.8 Å². The number of hydrogen-bond donors (Lipinski definition) is 2. The highest BCUT2D eigenvalue weighted by Crippen LogP contribution is 2.41. The Morgan fingerprint density at radius 2 is 2.10 bits per heavy atom. The quantitative estimate of drug-likeness (QED) is 0.910. The Kier molecular flexibility index (Phi) is 3.86. The molecule has 1 aliphatic heterocycles. The molecule has 0 amide bonds.